The van der Waals surface area contributed by atoms with Crippen LogP contribution in [0.4, 0.5) is 5.69 Å². The Morgan fingerprint density at radius 2 is 1.70 bits per heavy atom. The Balaban J connectivity index is 1.84. The number of rotatable bonds is 7. The number of carbonyl (C=O) groups is 4. The van der Waals surface area contributed by atoms with E-state index < -0.39 is 52.7 Å². The molecular weight excluding hydrogens is 392 g/mol. The molecule has 2 aromatic carbocycles. The van der Waals surface area contributed by atoms with E-state index in [0.29, 0.717) is 10.5 Å². The van der Waals surface area contributed by atoms with Gasteiger partial charge < -0.3 is 4.74 Å². The zero-order valence-electron chi connectivity index (χ0n) is 16.2. The van der Waals surface area contributed by atoms with Crippen LogP contribution in [0.2, 0.25) is 0 Å². The molecule has 1 aliphatic rings. The molecule has 0 spiro atoms. The lowest BCUT2D eigenvalue weighted by Crippen LogP contribution is -2.49. The molecule has 1 aliphatic heterocycles. The van der Waals surface area contributed by atoms with E-state index in [-0.39, 0.29) is 11.1 Å². The lowest BCUT2D eigenvalue weighted by Gasteiger charge is -2.27. The van der Waals surface area contributed by atoms with Gasteiger partial charge in [-0.15, -0.1) is 0 Å². The number of imide groups is 1. The number of nitro benzene ring substituents is 1. The molecule has 0 saturated carbocycles. The summed E-state index contributed by atoms with van der Waals surface area (Å²) < 4.78 is 5.10. The molecule has 2 amide bonds. The van der Waals surface area contributed by atoms with Crippen molar-refractivity contribution < 1.29 is 28.8 Å². The van der Waals surface area contributed by atoms with Gasteiger partial charge in [-0.3, -0.25) is 29.4 Å². The van der Waals surface area contributed by atoms with E-state index in [9.17, 15) is 29.3 Å². The first-order chi connectivity index (χ1) is 14.2. The molecule has 3 rings (SSSR count). The highest BCUT2D eigenvalue weighted by molar-refractivity contribution is 6.24. The zero-order valence-corrected chi connectivity index (χ0v) is 16.2. The second-order valence-electron chi connectivity index (χ2n) is 7.02. The Morgan fingerprint density at radius 1 is 1.03 bits per heavy atom. The van der Waals surface area contributed by atoms with Gasteiger partial charge in [0.2, 0.25) is 0 Å². The Labute approximate surface area is 171 Å². The highest BCUT2D eigenvalue weighted by Crippen LogP contribution is 2.33. The fraction of sp³-hybridized carbons (Fsp3) is 0.238. The van der Waals surface area contributed by atoms with Gasteiger partial charge in [-0.05, 0) is 12.0 Å². The van der Waals surface area contributed by atoms with E-state index >= 15 is 0 Å². The van der Waals surface area contributed by atoms with Crippen molar-refractivity contribution in [3.05, 3.63) is 75.3 Å². The molecule has 30 heavy (non-hydrogen) atoms. The van der Waals surface area contributed by atoms with Crippen molar-refractivity contribution in [1.82, 2.24) is 4.90 Å². The Kier molecular flexibility index (Phi) is 5.72. The summed E-state index contributed by atoms with van der Waals surface area (Å²) in [4.78, 5) is 61.8. The second kappa shape index (κ2) is 8.24. The van der Waals surface area contributed by atoms with Gasteiger partial charge in [0.15, 0.2) is 12.4 Å². The summed E-state index contributed by atoms with van der Waals surface area (Å²) in [6, 6.07) is 10.6. The first-order valence-corrected chi connectivity index (χ1v) is 9.14. The smallest absolute Gasteiger partial charge is 0.330 e. The van der Waals surface area contributed by atoms with E-state index in [1.54, 1.807) is 44.2 Å². The third-order valence-electron chi connectivity index (χ3n) is 4.71. The normalized spacial score (nSPS) is 13.9. The largest absolute Gasteiger partial charge is 0.456 e. The van der Waals surface area contributed by atoms with Crippen LogP contribution in [0.15, 0.2) is 48.5 Å². The summed E-state index contributed by atoms with van der Waals surface area (Å²) in [5, 5.41) is 11.3. The second-order valence-corrected chi connectivity index (χ2v) is 7.02. The number of ketones is 1. The summed E-state index contributed by atoms with van der Waals surface area (Å²) in [7, 11) is 0. The Morgan fingerprint density at radius 3 is 2.30 bits per heavy atom. The summed E-state index contributed by atoms with van der Waals surface area (Å²) in [6.07, 6.45) is 0. The molecule has 154 valence electrons. The van der Waals surface area contributed by atoms with Crippen molar-refractivity contribution >= 4 is 29.3 Å². The third kappa shape index (κ3) is 3.69. The Bertz CT molecular complexity index is 1050. The molecule has 9 heteroatoms. The van der Waals surface area contributed by atoms with Crippen LogP contribution in [0, 0.1) is 16.0 Å². The van der Waals surface area contributed by atoms with Crippen LogP contribution in [0.25, 0.3) is 0 Å². The number of benzene rings is 2. The molecule has 0 aliphatic carbocycles. The summed E-state index contributed by atoms with van der Waals surface area (Å²) in [5.41, 5.74) is -0.662. The number of amides is 2. The summed E-state index contributed by atoms with van der Waals surface area (Å²) in [5.74, 6) is -3.68. The quantitative estimate of drug-likeness (QED) is 0.226. The standard InChI is InChI=1S/C21H18N2O7/c1-12(2)18(21(27)30-11-16(24)13-7-4-3-5-8-13)22-19(25)14-9-6-10-15(23(28)29)17(14)20(22)26/h3-10,12,18H,11H2,1-2H3/t18-/m0/s1. The fourth-order valence-electron chi connectivity index (χ4n) is 3.30. The maximum Gasteiger partial charge on any atom is 0.330 e. The predicted molar refractivity (Wildman–Crippen MR) is 104 cm³/mol. The Hall–Kier alpha value is -3.88. The molecule has 0 saturated heterocycles. The molecule has 9 nitrogen and oxygen atoms in total. The van der Waals surface area contributed by atoms with Crippen molar-refractivity contribution in [3.63, 3.8) is 0 Å². The zero-order chi connectivity index (χ0) is 22.0. The SMILES string of the molecule is CC(C)[C@@H](C(=O)OCC(=O)c1ccccc1)N1C(=O)c2cccc([N+](=O)[O-])c2C1=O. The molecule has 0 unspecified atom stereocenters. The van der Waals surface area contributed by atoms with Crippen molar-refractivity contribution in [1.29, 1.82) is 0 Å². The van der Waals surface area contributed by atoms with Crippen molar-refractivity contribution in [2.24, 2.45) is 5.92 Å². The molecule has 0 N–H and O–H groups in total. The van der Waals surface area contributed by atoms with Gasteiger partial charge in [0.1, 0.15) is 11.6 Å². The van der Waals surface area contributed by atoms with Gasteiger partial charge >= 0.3 is 5.97 Å². The van der Waals surface area contributed by atoms with E-state index in [2.05, 4.69) is 0 Å². The number of hydrogen-bond donors (Lipinski definition) is 0. The molecular formula is C21H18N2O7. The van der Waals surface area contributed by atoms with Gasteiger partial charge in [0.05, 0.1) is 10.5 Å². The predicted octanol–water partition coefficient (Wildman–Crippen LogP) is 2.64. The number of hydrogen-bond acceptors (Lipinski definition) is 7. The molecule has 2 aromatic rings. The summed E-state index contributed by atoms with van der Waals surface area (Å²) in [6.45, 7) is 2.64. The average molecular weight is 410 g/mol. The molecule has 0 bridgehead atoms. The minimum Gasteiger partial charge on any atom is -0.456 e. The molecule has 0 fully saturated rings. The highest BCUT2D eigenvalue weighted by atomic mass is 16.6. The molecule has 0 aromatic heterocycles. The molecule has 0 radical (unpaired) electrons. The molecule has 1 atom stereocenters. The van der Waals surface area contributed by atoms with Gasteiger partial charge in [0, 0.05) is 11.6 Å². The van der Waals surface area contributed by atoms with Gasteiger partial charge in [0.25, 0.3) is 17.5 Å². The number of ether oxygens (including phenoxy) is 1. The van der Waals surface area contributed by atoms with Gasteiger partial charge in [-0.25, -0.2) is 4.79 Å². The van der Waals surface area contributed by atoms with Crippen LogP contribution >= 0.6 is 0 Å². The van der Waals surface area contributed by atoms with Crippen LogP contribution in [0.3, 0.4) is 0 Å². The number of esters is 1. The van der Waals surface area contributed by atoms with Crippen LogP contribution in [-0.4, -0.2) is 46.0 Å². The van der Waals surface area contributed by atoms with Gasteiger partial charge in [-0.1, -0.05) is 50.2 Å². The van der Waals surface area contributed by atoms with Crippen molar-refractivity contribution in [2.75, 3.05) is 6.61 Å². The minimum absolute atomic E-state index is 0.145. The van der Waals surface area contributed by atoms with Crippen LogP contribution in [0.1, 0.15) is 44.9 Å². The highest BCUT2D eigenvalue weighted by Gasteiger charge is 2.47. The first kappa shape index (κ1) is 20.8. The van der Waals surface area contributed by atoms with Gasteiger partial charge in [-0.2, -0.15) is 0 Å². The minimum atomic E-state index is -1.33. The number of nitrogens with zero attached hydrogens (tertiary/aromatic N) is 2. The average Bonchev–Trinajstić information content (AvgIpc) is 2.97. The van der Waals surface area contributed by atoms with Crippen LogP contribution in [-0.2, 0) is 9.53 Å². The summed E-state index contributed by atoms with van der Waals surface area (Å²) >= 11 is 0. The number of nitro groups is 1. The van der Waals surface area contributed by atoms with Crippen LogP contribution < -0.4 is 0 Å². The monoisotopic (exact) mass is 410 g/mol. The number of fused-ring (bicyclic) bond motifs is 1. The third-order valence-corrected chi connectivity index (χ3v) is 4.71. The van der Waals surface area contributed by atoms with Crippen molar-refractivity contribution in [3.8, 4) is 0 Å². The van der Waals surface area contributed by atoms with E-state index in [0.717, 1.165) is 6.07 Å². The maximum atomic E-state index is 12.9. The number of Topliss-reactive ketones (excluding diaryl/α,β-unsaturated/α-hetero) is 1. The van der Waals surface area contributed by atoms with Crippen LogP contribution in [0.5, 0.6) is 0 Å². The first-order valence-electron chi connectivity index (χ1n) is 9.14. The topological polar surface area (TPSA) is 124 Å². The van der Waals surface area contributed by atoms with Crippen molar-refractivity contribution in [2.45, 2.75) is 19.9 Å². The van der Waals surface area contributed by atoms with E-state index in [1.165, 1.54) is 12.1 Å². The lowest BCUT2D eigenvalue weighted by atomic mass is 10.0. The number of carbonyl (C=O) groups excluding carboxylic acids is 4. The van der Waals surface area contributed by atoms with E-state index in [1.807, 2.05) is 0 Å². The fourth-order valence-corrected chi connectivity index (χ4v) is 3.30. The lowest BCUT2D eigenvalue weighted by molar-refractivity contribution is -0.385. The maximum absolute atomic E-state index is 12.9. The molecule has 1 heterocycles. The van der Waals surface area contributed by atoms with E-state index in [4.69, 9.17) is 4.74 Å².